The van der Waals surface area contributed by atoms with Crippen molar-refractivity contribution in [3.8, 4) is 0 Å². The van der Waals surface area contributed by atoms with Gasteiger partial charge in [0.2, 0.25) is 5.91 Å². The zero-order valence-corrected chi connectivity index (χ0v) is 15.9. The fourth-order valence-electron chi connectivity index (χ4n) is 2.76. The molecular weight excluding hydrogens is 302 g/mol. The maximum absolute atomic E-state index is 11.5. The number of nitrogens with zero attached hydrogens (tertiary/aromatic N) is 2. The maximum atomic E-state index is 11.5. The van der Waals surface area contributed by atoms with E-state index in [1.54, 1.807) is 0 Å². The molecule has 0 bridgehead atoms. The summed E-state index contributed by atoms with van der Waals surface area (Å²) in [5, 5.41) is 9.43. The fourth-order valence-corrected chi connectivity index (χ4v) is 2.76. The summed E-state index contributed by atoms with van der Waals surface area (Å²) >= 11 is 0. The Balaban J connectivity index is 2.20. The predicted octanol–water partition coefficient (Wildman–Crippen LogP) is 1.58. The molecule has 0 spiro atoms. The van der Waals surface area contributed by atoms with Gasteiger partial charge in [0.1, 0.15) is 0 Å². The van der Waals surface area contributed by atoms with Crippen LogP contribution in [0.15, 0.2) is 4.99 Å². The van der Waals surface area contributed by atoms with Crippen LogP contribution in [0.2, 0.25) is 0 Å². The summed E-state index contributed by atoms with van der Waals surface area (Å²) in [4.78, 5) is 18.7. The highest BCUT2D eigenvalue weighted by Gasteiger charge is 2.08. The van der Waals surface area contributed by atoms with E-state index in [9.17, 15) is 4.79 Å². The van der Waals surface area contributed by atoms with E-state index in [1.165, 1.54) is 38.8 Å². The van der Waals surface area contributed by atoms with Gasteiger partial charge in [0, 0.05) is 32.1 Å². The molecule has 0 aromatic carbocycles. The van der Waals surface area contributed by atoms with E-state index < -0.39 is 0 Å². The molecular formula is C18H37N5O. The van der Waals surface area contributed by atoms with Crippen molar-refractivity contribution in [3.05, 3.63) is 0 Å². The van der Waals surface area contributed by atoms with E-state index >= 15 is 0 Å². The molecule has 1 aliphatic heterocycles. The summed E-state index contributed by atoms with van der Waals surface area (Å²) in [7, 11) is 0. The molecule has 140 valence electrons. The zero-order chi connectivity index (χ0) is 17.6. The maximum Gasteiger partial charge on any atom is 0.222 e. The fraction of sp³-hybridized carbons (Fsp3) is 0.889. The molecule has 0 aromatic rings. The quantitative estimate of drug-likeness (QED) is 0.339. The Bertz CT molecular complexity index is 362. The van der Waals surface area contributed by atoms with Gasteiger partial charge >= 0.3 is 0 Å². The van der Waals surface area contributed by atoms with Gasteiger partial charge in [0.25, 0.3) is 0 Å². The highest BCUT2D eigenvalue weighted by Crippen LogP contribution is 2.09. The average molecular weight is 340 g/mol. The largest absolute Gasteiger partial charge is 0.357 e. The van der Waals surface area contributed by atoms with Crippen LogP contribution in [-0.2, 0) is 4.79 Å². The van der Waals surface area contributed by atoms with Crippen LogP contribution in [-0.4, -0.2) is 62.6 Å². The van der Waals surface area contributed by atoms with Crippen LogP contribution in [0.3, 0.4) is 0 Å². The molecule has 1 amide bonds. The van der Waals surface area contributed by atoms with Crippen LogP contribution in [0, 0.1) is 5.92 Å². The number of carbonyl (C=O) groups excluding carboxylic acids is 1. The van der Waals surface area contributed by atoms with Gasteiger partial charge in [-0.15, -0.1) is 0 Å². The van der Waals surface area contributed by atoms with E-state index in [1.807, 2.05) is 13.8 Å². The minimum Gasteiger partial charge on any atom is -0.357 e. The van der Waals surface area contributed by atoms with Gasteiger partial charge < -0.3 is 20.9 Å². The van der Waals surface area contributed by atoms with Gasteiger partial charge in [-0.05, 0) is 45.8 Å². The van der Waals surface area contributed by atoms with Gasteiger partial charge in [-0.2, -0.15) is 0 Å². The van der Waals surface area contributed by atoms with Crippen molar-refractivity contribution in [1.29, 1.82) is 0 Å². The van der Waals surface area contributed by atoms with Crippen LogP contribution in [0.25, 0.3) is 0 Å². The first-order valence-corrected chi connectivity index (χ1v) is 9.65. The Morgan fingerprint density at radius 2 is 1.71 bits per heavy atom. The molecule has 0 atom stereocenters. The topological polar surface area (TPSA) is 68.8 Å². The summed E-state index contributed by atoms with van der Waals surface area (Å²) in [5.74, 6) is 0.967. The molecule has 0 aromatic heterocycles. The second-order valence-electron chi connectivity index (χ2n) is 6.74. The molecule has 1 rings (SSSR count). The van der Waals surface area contributed by atoms with Crippen molar-refractivity contribution in [2.75, 3.05) is 45.8 Å². The Kier molecular flexibility index (Phi) is 11.3. The molecule has 1 aliphatic rings. The Morgan fingerprint density at radius 3 is 2.33 bits per heavy atom. The lowest BCUT2D eigenvalue weighted by molar-refractivity contribution is -0.123. The molecule has 0 saturated carbocycles. The molecule has 0 unspecified atom stereocenters. The number of carbonyl (C=O) groups is 1. The smallest absolute Gasteiger partial charge is 0.222 e. The monoisotopic (exact) mass is 339 g/mol. The number of hydrogen-bond acceptors (Lipinski definition) is 3. The van der Waals surface area contributed by atoms with Crippen LogP contribution in [0.4, 0.5) is 0 Å². The van der Waals surface area contributed by atoms with Gasteiger partial charge in [0.05, 0.1) is 0 Å². The number of rotatable bonds is 9. The highest BCUT2D eigenvalue weighted by molar-refractivity contribution is 5.80. The summed E-state index contributed by atoms with van der Waals surface area (Å²) in [6.07, 6.45) is 6.55. The van der Waals surface area contributed by atoms with E-state index in [0.717, 1.165) is 32.0 Å². The van der Waals surface area contributed by atoms with Crippen molar-refractivity contribution < 1.29 is 4.79 Å². The van der Waals surface area contributed by atoms with E-state index in [0.29, 0.717) is 13.1 Å². The molecule has 24 heavy (non-hydrogen) atoms. The van der Waals surface area contributed by atoms with Crippen LogP contribution < -0.4 is 16.0 Å². The van der Waals surface area contributed by atoms with Crippen LogP contribution in [0.5, 0.6) is 0 Å². The molecule has 3 N–H and O–H groups in total. The van der Waals surface area contributed by atoms with Crippen LogP contribution >= 0.6 is 0 Å². The van der Waals surface area contributed by atoms with Crippen molar-refractivity contribution in [2.45, 2.75) is 52.9 Å². The molecule has 0 radical (unpaired) electrons. The third-order valence-electron chi connectivity index (χ3n) is 4.19. The number of likely N-dealkylation sites (tertiary alicyclic amines) is 1. The lowest BCUT2D eigenvalue weighted by Crippen LogP contribution is -2.42. The van der Waals surface area contributed by atoms with Gasteiger partial charge in [0.15, 0.2) is 5.96 Å². The second-order valence-corrected chi connectivity index (χ2v) is 6.74. The van der Waals surface area contributed by atoms with Gasteiger partial charge in [-0.1, -0.05) is 26.7 Å². The number of hydrogen-bond donors (Lipinski definition) is 3. The van der Waals surface area contributed by atoms with E-state index in [4.69, 9.17) is 0 Å². The third kappa shape index (κ3) is 9.75. The number of guanidine groups is 1. The number of amides is 1. The van der Waals surface area contributed by atoms with Gasteiger partial charge in [-0.25, -0.2) is 0 Å². The SMILES string of the molecule is CCNC(=NCCCN1CCCCCC1)NCCNC(=O)C(C)C. The lowest BCUT2D eigenvalue weighted by atomic mass is 10.2. The summed E-state index contributed by atoms with van der Waals surface area (Å²) in [6, 6.07) is 0. The number of nitrogens with one attached hydrogen (secondary N) is 3. The molecule has 1 saturated heterocycles. The van der Waals surface area contributed by atoms with Crippen molar-refractivity contribution in [1.82, 2.24) is 20.9 Å². The predicted molar refractivity (Wildman–Crippen MR) is 101 cm³/mol. The first-order chi connectivity index (χ1) is 11.6. The third-order valence-corrected chi connectivity index (χ3v) is 4.19. The second kappa shape index (κ2) is 13.0. The summed E-state index contributed by atoms with van der Waals surface area (Å²) in [5.41, 5.74) is 0. The molecule has 1 fully saturated rings. The van der Waals surface area contributed by atoms with Crippen molar-refractivity contribution in [2.24, 2.45) is 10.9 Å². The minimum absolute atomic E-state index is 0.0332. The Labute approximate surface area is 147 Å². The summed E-state index contributed by atoms with van der Waals surface area (Å²) < 4.78 is 0. The zero-order valence-electron chi connectivity index (χ0n) is 15.9. The Morgan fingerprint density at radius 1 is 1.04 bits per heavy atom. The van der Waals surface area contributed by atoms with E-state index in [2.05, 4.69) is 32.8 Å². The molecule has 1 heterocycles. The lowest BCUT2D eigenvalue weighted by Gasteiger charge is -2.19. The van der Waals surface area contributed by atoms with Crippen molar-refractivity contribution >= 4 is 11.9 Å². The molecule has 6 nitrogen and oxygen atoms in total. The summed E-state index contributed by atoms with van der Waals surface area (Å²) in [6.45, 7) is 12.5. The average Bonchev–Trinajstić information content (AvgIpc) is 2.83. The van der Waals surface area contributed by atoms with E-state index in [-0.39, 0.29) is 11.8 Å². The standard InChI is InChI=1S/C18H37N5O/c1-4-19-18(22-12-11-20-17(24)16(2)3)21-10-9-15-23-13-7-5-6-8-14-23/h16H,4-15H2,1-3H3,(H,20,24)(H2,19,21,22). The first-order valence-electron chi connectivity index (χ1n) is 9.65. The van der Waals surface area contributed by atoms with Gasteiger partial charge in [-0.3, -0.25) is 9.79 Å². The molecule has 0 aliphatic carbocycles. The normalized spacial score (nSPS) is 16.8. The van der Waals surface area contributed by atoms with Crippen molar-refractivity contribution in [3.63, 3.8) is 0 Å². The van der Waals surface area contributed by atoms with Crippen LogP contribution in [0.1, 0.15) is 52.9 Å². The highest BCUT2D eigenvalue weighted by atomic mass is 16.1. The number of aliphatic imine (C=N–C) groups is 1. The Hall–Kier alpha value is -1.30. The minimum atomic E-state index is 0.0332. The first kappa shape index (κ1) is 20.7. The molecule has 6 heteroatoms.